The van der Waals surface area contributed by atoms with Crippen LogP contribution in [0.15, 0.2) is 29.7 Å². The van der Waals surface area contributed by atoms with E-state index in [2.05, 4.69) is 20.3 Å². The van der Waals surface area contributed by atoms with Gasteiger partial charge in [0.15, 0.2) is 0 Å². The highest BCUT2D eigenvalue weighted by Crippen LogP contribution is 2.33. The Morgan fingerprint density at radius 3 is 2.50 bits per heavy atom. The molecule has 0 spiro atoms. The minimum atomic E-state index is -2.49. The third-order valence-corrected chi connectivity index (χ3v) is 3.13. The first-order valence-electron chi connectivity index (χ1n) is 4.55. The molecule has 0 aliphatic rings. The zero-order valence-corrected chi connectivity index (χ0v) is 11.0. The first kappa shape index (κ1) is 13.2. The van der Waals surface area contributed by atoms with Crippen LogP contribution in [0.3, 0.4) is 0 Å². The predicted molar refractivity (Wildman–Crippen MR) is 66.8 cm³/mol. The van der Waals surface area contributed by atoms with Crippen molar-refractivity contribution in [3.8, 4) is 0 Å². The van der Waals surface area contributed by atoms with Gasteiger partial charge in [0, 0.05) is 5.02 Å². The molecule has 0 aliphatic heterocycles. The number of hydrogen-bond acceptors (Lipinski definition) is 6. The fourth-order valence-electron chi connectivity index (χ4n) is 1.22. The minimum absolute atomic E-state index is 0.0621. The number of hydrogen-bond donors (Lipinski definition) is 1. The van der Waals surface area contributed by atoms with Gasteiger partial charge in [-0.1, -0.05) is 23.2 Å². The Labute approximate surface area is 115 Å². The van der Waals surface area contributed by atoms with Gasteiger partial charge in [0.1, 0.15) is 12.7 Å². The quantitative estimate of drug-likeness (QED) is 0.874. The maximum absolute atomic E-state index is 11.1. The van der Waals surface area contributed by atoms with Gasteiger partial charge in [-0.3, -0.25) is 4.21 Å². The van der Waals surface area contributed by atoms with Crippen molar-refractivity contribution in [1.82, 2.24) is 15.0 Å². The Balaban J connectivity index is 2.47. The van der Waals surface area contributed by atoms with Gasteiger partial charge >= 0.3 is 0 Å². The Bertz CT molecular complexity index is 597. The van der Waals surface area contributed by atoms with Crippen molar-refractivity contribution < 1.29 is 8.76 Å². The van der Waals surface area contributed by atoms with Gasteiger partial charge in [0.05, 0.1) is 15.6 Å². The zero-order valence-electron chi connectivity index (χ0n) is 8.63. The second-order valence-corrected chi connectivity index (χ2v) is 4.84. The van der Waals surface area contributed by atoms with E-state index in [4.69, 9.17) is 23.2 Å². The first-order valence-corrected chi connectivity index (χ1v) is 6.38. The molecule has 1 aromatic heterocycles. The Morgan fingerprint density at radius 1 is 1.22 bits per heavy atom. The maximum Gasteiger partial charge on any atom is 0.230 e. The van der Waals surface area contributed by atoms with Crippen LogP contribution in [0.1, 0.15) is 0 Å². The van der Waals surface area contributed by atoms with Gasteiger partial charge in [0.25, 0.3) is 0 Å². The highest BCUT2D eigenvalue weighted by atomic mass is 35.5. The molecule has 0 amide bonds. The maximum atomic E-state index is 11.1. The number of aromatic nitrogens is 3. The van der Waals surface area contributed by atoms with Crippen LogP contribution in [0.2, 0.25) is 10.0 Å². The molecule has 2 rings (SSSR count). The van der Waals surface area contributed by atoms with E-state index >= 15 is 0 Å². The van der Waals surface area contributed by atoms with Crippen molar-refractivity contribution in [3.05, 3.63) is 34.8 Å². The van der Waals surface area contributed by atoms with Gasteiger partial charge in [0.2, 0.25) is 5.95 Å². The summed E-state index contributed by atoms with van der Waals surface area (Å²) in [5.41, 5.74) is 0.167. The lowest BCUT2D eigenvalue weighted by Crippen LogP contribution is -2.02. The molecule has 1 heterocycles. The molecular formula is C9H5Cl2N4O2S-. The smallest absolute Gasteiger partial charge is 0.230 e. The van der Waals surface area contributed by atoms with Crippen molar-refractivity contribution >= 4 is 45.9 Å². The van der Waals surface area contributed by atoms with E-state index in [1.54, 1.807) is 0 Å². The molecule has 18 heavy (non-hydrogen) atoms. The number of benzene rings is 1. The minimum Gasteiger partial charge on any atom is -0.768 e. The Hall–Kier alpha value is -1.28. The van der Waals surface area contributed by atoms with Gasteiger partial charge in [-0.2, -0.15) is 0 Å². The zero-order chi connectivity index (χ0) is 13.1. The average Bonchev–Trinajstić information content (AvgIpc) is 2.33. The summed E-state index contributed by atoms with van der Waals surface area (Å²) in [6.45, 7) is 0. The molecule has 0 saturated heterocycles. The summed E-state index contributed by atoms with van der Waals surface area (Å²) in [5.74, 6) is 0.181. The summed E-state index contributed by atoms with van der Waals surface area (Å²) in [6.07, 6.45) is 2.54. The fraction of sp³-hybridized carbons (Fsp3) is 0. The second-order valence-electron chi connectivity index (χ2n) is 3.08. The fourth-order valence-corrected chi connectivity index (χ4v) is 2.43. The van der Waals surface area contributed by atoms with Crippen LogP contribution in [0.25, 0.3) is 0 Å². The van der Waals surface area contributed by atoms with E-state index in [0.29, 0.717) is 0 Å². The first-order chi connectivity index (χ1) is 8.58. The molecule has 6 nitrogen and oxygen atoms in total. The molecule has 0 fully saturated rings. The molecule has 1 atom stereocenters. The van der Waals surface area contributed by atoms with Gasteiger partial charge in [-0.05, 0) is 23.2 Å². The van der Waals surface area contributed by atoms with Crippen LogP contribution in [-0.2, 0) is 11.1 Å². The molecular weight excluding hydrogens is 299 g/mol. The number of anilines is 2. The van der Waals surface area contributed by atoms with E-state index in [-0.39, 0.29) is 26.6 Å². The summed E-state index contributed by atoms with van der Waals surface area (Å²) in [5, 5.41) is 3.08. The van der Waals surface area contributed by atoms with Gasteiger partial charge in [-0.15, -0.1) is 0 Å². The van der Waals surface area contributed by atoms with Gasteiger partial charge in [-0.25, -0.2) is 15.0 Å². The highest BCUT2D eigenvalue weighted by molar-refractivity contribution is 7.79. The van der Waals surface area contributed by atoms with E-state index in [1.165, 1.54) is 24.8 Å². The Morgan fingerprint density at radius 2 is 1.89 bits per heavy atom. The number of nitrogens with one attached hydrogen (secondary N) is 1. The SMILES string of the molecule is O=S([O-])c1cc(Cl)cc(Cl)c1Nc1ncncn1. The lowest BCUT2D eigenvalue weighted by atomic mass is 10.3. The predicted octanol–water partition coefficient (Wildman–Crippen LogP) is 2.16. The number of halogens is 2. The third-order valence-electron chi connectivity index (χ3n) is 1.93. The summed E-state index contributed by atoms with van der Waals surface area (Å²) in [6, 6.07) is 2.70. The molecule has 0 bridgehead atoms. The van der Waals surface area contributed by atoms with Crippen molar-refractivity contribution in [2.45, 2.75) is 4.90 Å². The van der Waals surface area contributed by atoms with E-state index in [9.17, 15) is 8.76 Å². The molecule has 1 unspecified atom stereocenters. The van der Waals surface area contributed by atoms with Crippen LogP contribution in [0.4, 0.5) is 11.6 Å². The van der Waals surface area contributed by atoms with Crippen LogP contribution in [-0.4, -0.2) is 23.7 Å². The summed E-state index contributed by atoms with van der Waals surface area (Å²) < 4.78 is 22.2. The normalized spacial score (nSPS) is 12.2. The molecule has 2 aromatic rings. The molecule has 1 N–H and O–H groups in total. The van der Waals surface area contributed by atoms with E-state index in [1.807, 2.05) is 0 Å². The standard InChI is InChI=1S/C9H6Cl2N4O2S/c10-5-1-6(11)8(7(2-5)18(16)17)15-9-13-3-12-4-14-9/h1-4H,(H,16,17)(H,12,13,14,15)/p-1. The largest absolute Gasteiger partial charge is 0.768 e. The topological polar surface area (TPSA) is 90.8 Å². The molecule has 0 saturated carbocycles. The number of nitrogens with zero attached hydrogens (tertiary/aromatic N) is 3. The van der Waals surface area contributed by atoms with Crippen molar-refractivity contribution in [3.63, 3.8) is 0 Å². The van der Waals surface area contributed by atoms with Crippen LogP contribution >= 0.6 is 23.2 Å². The highest BCUT2D eigenvalue weighted by Gasteiger charge is 2.11. The van der Waals surface area contributed by atoms with Crippen LogP contribution in [0, 0.1) is 0 Å². The monoisotopic (exact) mass is 303 g/mol. The molecule has 94 valence electrons. The van der Waals surface area contributed by atoms with Crippen molar-refractivity contribution in [1.29, 1.82) is 0 Å². The van der Waals surface area contributed by atoms with Crippen LogP contribution < -0.4 is 5.32 Å². The molecule has 0 radical (unpaired) electrons. The van der Waals surface area contributed by atoms with Crippen molar-refractivity contribution in [2.24, 2.45) is 0 Å². The number of rotatable bonds is 3. The molecule has 9 heteroatoms. The summed E-state index contributed by atoms with van der Waals surface area (Å²) in [4.78, 5) is 11.2. The van der Waals surface area contributed by atoms with Crippen molar-refractivity contribution in [2.75, 3.05) is 5.32 Å². The van der Waals surface area contributed by atoms with E-state index in [0.717, 1.165) is 0 Å². The Kier molecular flexibility index (Phi) is 4.07. The average molecular weight is 304 g/mol. The molecule has 1 aromatic carbocycles. The van der Waals surface area contributed by atoms with E-state index < -0.39 is 11.1 Å². The van der Waals surface area contributed by atoms with Crippen LogP contribution in [0.5, 0.6) is 0 Å². The summed E-state index contributed by atoms with van der Waals surface area (Å²) >= 11 is 9.19. The van der Waals surface area contributed by atoms with Gasteiger partial charge < -0.3 is 9.87 Å². The third kappa shape index (κ3) is 2.94. The lowest BCUT2D eigenvalue weighted by Gasteiger charge is -2.14. The lowest BCUT2D eigenvalue weighted by molar-refractivity contribution is 0.537. The summed E-state index contributed by atoms with van der Waals surface area (Å²) in [7, 11) is 0. The molecule has 0 aliphatic carbocycles. The second kappa shape index (κ2) is 5.57.